The van der Waals surface area contributed by atoms with E-state index < -0.39 is 5.97 Å². The molecule has 0 aromatic carbocycles. The number of aliphatic hydroxyl groups excluding tert-OH is 1. The summed E-state index contributed by atoms with van der Waals surface area (Å²) in [5.41, 5.74) is 0.673. The molecule has 0 aromatic rings. The lowest BCUT2D eigenvalue weighted by Gasteiger charge is -2.43. The van der Waals surface area contributed by atoms with E-state index in [0.29, 0.717) is 11.5 Å². The first kappa shape index (κ1) is 16.2. The fraction of sp³-hybridized carbons (Fsp3) is 0.812. The van der Waals surface area contributed by atoms with Gasteiger partial charge < -0.3 is 9.84 Å². The number of ether oxygens (including phenoxy) is 1. The van der Waals surface area contributed by atoms with Gasteiger partial charge in [0.15, 0.2) is 0 Å². The molecule has 0 amide bonds. The van der Waals surface area contributed by atoms with Crippen LogP contribution in [0.3, 0.4) is 0 Å². The SMILES string of the molecule is C=C(C)C(=O)OC(CO)C1CCCC(C)(C(C)C)C1. The van der Waals surface area contributed by atoms with Gasteiger partial charge in [0, 0.05) is 5.57 Å². The van der Waals surface area contributed by atoms with Crippen molar-refractivity contribution in [1.82, 2.24) is 0 Å². The molecular formula is C16H28O3. The first-order valence-electron chi connectivity index (χ1n) is 7.27. The zero-order valence-corrected chi connectivity index (χ0v) is 12.7. The van der Waals surface area contributed by atoms with Crippen molar-refractivity contribution < 1.29 is 14.6 Å². The van der Waals surface area contributed by atoms with Crippen LogP contribution in [0.5, 0.6) is 0 Å². The number of esters is 1. The molecule has 1 fully saturated rings. The molecule has 1 aliphatic rings. The van der Waals surface area contributed by atoms with E-state index in [1.54, 1.807) is 6.92 Å². The highest BCUT2D eigenvalue weighted by Crippen LogP contribution is 2.45. The van der Waals surface area contributed by atoms with E-state index in [2.05, 4.69) is 27.4 Å². The smallest absolute Gasteiger partial charge is 0.333 e. The van der Waals surface area contributed by atoms with Gasteiger partial charge in [-0.3, -0.25) is 0 Å². The highest BCUT2D eigenvalue weighted by molar-refractivity contribution is 5.87. The summed E-state index contributed by atoms with van der Waals surface area (Å²) >= 11 is 0. The summed E-state index contributed by atoms with van der Waals surface area (Å²) in [6, 6.07) is 0. The van der Waals surface area contributed by atoms with E-state index in [0.717, 1.165) is 19.3 Å². The van der Waals surface area contributed by atoms with Gasteiger partial charge in [0.1, 0.15) is 6.10 Å². The summed E-state index contributed by atoms with van der Waals surface area (Å²) in [7, 11) is 0. The van der Waals surface area contributed by atoms with Crippen LogP contribution in [0.2, 0.25) is 0 Å². The fourth-order valence-electron chi connectivity index (χ4n) is 2.93. The Balaban J connectivity index is 2.71. The molecule has 0 radical (unpaired) electrons. The molecule has 1 saturated carbocycles. The summed E-state index contributed by atoms with van der Waals surface area (Å²) in [6.07, 6.45) is 4.01. The maximum absolute atomic E-state index is 11.6. The van der Waals surface area contributed by atoms with Crippen LogP contribution in [-0.4, -0.2) is 23.8 Å². The Bertz CT molecular complexity index is 335. The van der Waals surface area contributed by atoms with Crippen LogP contribution in [0.15, 0.2) is 12.2 Å². The standard InChI is InChI=1S/C16H28O3/c1-11(2)15(18)19-14(10-17)13-7-6-8-16(5,9-13)12(3)4/h12-14,17H,1,6-10H2,2-5H3. The topological polar surface area (TPSA) is 46.5 Å². The number of hydrogen-bond donors (Lipinski definition) is 1. The predicted molar refractivity (Wildman–Crippen MR) is 76.7 cm³/mol. The minimum atomic E-state index is -0.393. The Hall–Kier alpha value is -0.830. The second-order valence-electron chi connectivity index (χ2n) is 6.57. The number of aliphatic hydroxyl groups is 1. The van der Waals surface area contributed by atoms with Crippen molar-refractivity contribution >= 4 is 5.97 Å². The van der Waals surface area contributed by atoms with Crippen molar-refractivity contribution in [3.8, 4) is 0 Å². The minimum absolute atomic E-state index is 0.0993. The van der Waals surface area contributed by atoms with Crippen molar-refractivity contribution in [2.45, 2.75) is 59.5 Å². The fourth-order valence-corrected chi connectivity index (χ4v) is 2.93. The van der Waals surface area contributed by atoms with Crippen LogP contribution < -0.4 is 0 Å². The molecule has 0 heterocycles. The second kappa shape index (κ2) is 6.56. The monoisotopic (exact) mass is 268 g/mol. The second-order valence-corrected chi connectivity index (χ2v) is 6.57. The van der Waals surface area contributed by atoms with Gasteiger partial charge in [0.25, 0.3) is 0 Å². The summed E-state index contributed by atoms with van der Waals surface area (Å²) < 4.78 is 5.39. The van der Waals surface area contributed by atoms with Crippen molar-refractivity contribution in [3.63, 3.8) is 0 Å². The van der Waals surface area contributed by atoms with Crippen LogP contribution in [0.1, 0.15) is 53.4 Å². The third kappa shape index (κ3) is 4.07. The number of rotatable bonds is 5. The Morgan fingerprint density at radius 3 is 2.63 bits per heavy atom. The van der Waals surface area contributed by atoms with Gasteiger partial charge in [-0.05, 0) is 43.4 Å². The largest absolute Gasteiger partial charge is 0.456 e. The molecule has 1 aliphatic carbocycles. The maximum Gasteiger partial charge on any atom is 0.333 e. The first-order chi connectivity index (χ1) is 8.80. The summed E-state index contributed by atoms with van der Waals surface area (Å²) in [5, 5.41) is 9.51. The molecular weight excluding hydrogens is 240 g/mol. The van der Waals surface area contributed by atoms with Gasteiger partial charge in [-0.1, -0.05) is 33.8 Å². The van der Waals surface area contributed by atoms with Gasteiger partial charge in [0.2, 0.25) is 0 Å². The molecule has 0 spiro atoms. The quantitative estimate of drug-likeness (QED) is 0.614. The van der Waals surface area contributed by atoms with Crippen LogP contribution in [0, 0.1) is 17.3 Å². The summed E-state index contributed by atoms with van der Waals surface area (Å²) in [5.74, 6) is 0.469. The van der Waals surface area contributed by atoms with E-state index >= 15 is 0 Å². The van der Waals surface area contributed by atoms with Crippen molar-refractivity contribution in [2.75, 3.05) is 6.61 Å². The lowest BCUT2D eigenvalue weighted by atomic mass is 9.64. The van der Waals surface area contributed by atoms with Gasteiger partial charge in [-0.25, -0.2) is 4.79 Å². The molecule has 0 aliphatic heterocycles. The summed E-state index contributed by atoms with van der Waals surface area (Å²) in [4.78, 5) is 11.6. The van der Waals surface area contributed by atoms with Gasteiger partial charge >= 0.3 is 5.97 Å². The van der Waals surface area contributed by atoms with E-state index in [4.69, 9.17) is 4.74 Å². The first-order valence-corrected chi connectivity index (χ1v) is 7.27. The summed E-state index contributed by atoms with van der Waals surface area (Å²) in [6.45, 7) is 11.9. The molecule has 0 aromatic heterocycles. The van der Waals surface area contributed by atoms with Crippen molar-refractivity contribution in [3.05, 3.63) is 12.2 Å². The number of hydrogen-bond acceptors (Lipinski definition) is 3. The third-order valence-corrected chi connectivity index (χ3v) is 4.76. The Kier molecular flexibility index (Phi) is 5.60. The Morgan fingerprint density at radius 1 is 1.53 bits per heavy atom. The molecule has 19 heavy (non-hydrogen) atoms. The maximum atomic E-state index is 11.6. The lowest BCUT2D eigenvalue weighted by molar-refractivity contribution is -0.151. The van der Waals surface area contributed by atoms with Gasteiger partial charge in [-0.2, -0.15) is 0 Å². The molecule has 3 atom stereocenters. The van der Waals surface area contributed by atoms with Crippen molar-refractivity contribution in [2.24, 2.45) is 17.3 Å². The van der Waals surface area contributed by atoms with Gasteiger partial charge in [0.05, 0.1) is 6.61 Å². The van der Waals surface area contributed by atoms with E-state index in [9.17, 15) is 9.90 Å². The molecule has 1 N–H and O–H groups in total. The minimum Gasteiger partial charge on any atom is -0.456 e. The van der Waals surface area contributed by atoms with Gasteiger partial charge in [-0.15, -0.1) is 0 Å². The third-order valence-electron chi connectivity index (χ3n) is 4.76. The lowest BCUT2D eigenvalue weighted by Crippen LogP contribution is -2.39. The molecule has 0 bridgehead atoms. The van der Waals surface area contributed by atoms with Crippen LogP contribution in [0.25, 0.3) is 0 Å². The van der Waals surface area contributed by atoms with Crippen LogP contribution in [0.4, 0.5) is 0 Å². The Morgan fingerprint density at radius 2 is 2.16 bits per heavy atom. The van der Waals surface area contributed by atoms with E-state index in [1.807, 2.05) is 0 Å². The molecule has 1 rings (SSSR count). The highest BCUT2D eigenvalue weighted by Gasteiger charge is 2.38. The molecule has 110 valence electrons. The zero-order chi connectivity index (χ0) is 14.6. The predicted octanol–water partition coefficient (Wildman–Crippen LogP) is 3.32. The average molecular weight is 268 g/mol. The van der Waals surface area contributed by atoms with E-state index in [-0.39, 0.29) is 24.0 Å². The van der Waals surface area contributed by atoms with E-state index in [1.165, 1.54) is 6.42 Å². The number of carbonyl (C=O) groups excluding carboxylic acids is 1. The molecule has 3 unspecified atom stereocenters. The zero-order valence-electron chi connectivity index (χ0n) is 12.7. The highest BCUT2D eigenvalue weighted by atomic mass is 16.6. The Labute approximate surface area is 117 Å². The van der Waals surface area contributed by atoms with Crippen LogP contribution in [-0.2, 0) is 9.53 Å². The average Bonchev–Trinajstić information content (AvgIpc) is 2.35. The molecule has 3 nitrogen and oxygen atoms in total. The normalized spacial score (nSPS) is 29.1. The molecule has 3 heteroatoms. The van der Waals surface area contributed by atoms with Crippen molar-refractivity contribution in [1.29, 1.82) is 0 Å². The van der Waals surface area contributed by atoms with Crippen LogP contribution >= 0.6 is 0 Å². The molecule has 0 saturated heterocycles. The number of carbonyl (C=O) groups is 1.